The summed E-state index contributed by atoms with van der Waals surface area (Å²) in [5.41, 5.74) is 14.5. The Morgan fingerprint density at radius 3 is 2.08 bits per heavy atom. The highest BCUT2D eigenvalue weighted by molar-refractivity contribution is 6.14. The fourth-order valence-electron chi connectivity index (χ4n) is 10.6. The Morgan fingerprint density at radius 1 is 0.476 bits per heavy atom. The number of hydrogen-bond donors (Lipinski definition) is 0. The summed E-state index contributed by atoms with van der Waals surface area (Å²) in [5.74, 6) is 0.0258. The molecule has 2 atom stereocenters. The topological polar surface area (TPSA) is 16.4 Å². The zero-order valence-electron chi connectivity index (χ0n) is 34.9. The molecule has 0 saturated heterocycles. The lowest BCUT2D eigenvalue weighted by Crippen LogP contribution is -2.32. The second kappa shape index (κ2) is 14.9. The van der Waals surface area contributed by atoms with Gasteiger partial charge in [0, 0.05) is 39.0 Å². The number of furan rings is 1. The largest absolute Gasteiger partial charge is 0.456 e. The maximum Gasteiger partial charge on any atom is 0.136 e. The van der Waals surface area contributed by atoms with Gasteiger partial charge in [0.25, 0.3) is 0 Å². The molecule has 298 valence electrons. The Hall–Kier alpha value is -7.94. The van der Waals surface area contributed by atoms with E-state index < -0.39 is 0 Å². The van der Waals surface area contributed by atoms with Crippen LogP contribution in [-0.2, 0) is 0 Å². The first-order valence-electron chi connectivity index (χ1n) is 21.9. The molecule has 0 bridgehead atoms. The van der Waals surface area contributed by atoms with Gasteiger partial charge in [-0.3, -0.25) is 0 Å². The third kappa shape index (κ3) is 5.94. The Morgan fingerprint density at radius 2 is 1.16 bits per heavy atom. The molecule has 0 N–H and O–H groups in total. The number of rotatable bonds is 7. The van der Waals surface area contributed by atoms with Crippen molar-refractivity contribution in [1.29, 1.82) is 0 Å². The molecular weight excluding hydrogens is 763 g/mol. The summed E-state index contributed by atoms with van der Waals surface area (Å²) in [4.78, 5) is 2.52. The van der Waals surface area contributed by atoms with E-state index in [9.17, 15) is 0 Å². The summed E-state index contributed by atoms with van der Waals surface area (Å²) in [7, 11) is 0. The van der Waals surface area contributed by atoms with Gasteiger partial charge in [0.05, 0.1) is 5.69 Å². The molecule has 2 unspecified atom stereocenters. The number of allylic oxidation sites excluding steroid dienone is 8. The van der Waals surface area contributed by atoms with Gasteiger partial charge in [0.15, 0.2) is 0 Å². The molecular formula is C61H43NO. The van der Waals surface area contributed by atoms with Crippen LogP contribution in [0.4, 0.5) is 17.1 Å². The molecule has 0 radical (unpaired) electrons. The summed E-state index contributed by atoms with van der Waals surface area (Å²) in [6.07, 6.45) is 13.8. The highest BCUT2D eigenvalue weighted by atomic mass is 16.3. The molecule has 10 aromatic rings. The van der Waals surface area contributed by atoms with Crippen LogP contribution >= 0.6 is 0 Å². The molecule has 0 aliphatic heterocycles. The SMILES string of the molecule is CC12C(=CC=CC1c1ccccc1N(c1cccc(-c3cccc4oc5ccccc5c34)c1)c1ccccc1-c1cccc3c1ccc1ccccc13)C=CC=C2c1ccccc1. The molecule has 0 saturated carbocycles. The van der Waals surface area contributed by atoms with Crippen molar-refractivity contribution in [2.45, 2.75) is 12.8 Å². The second-order valence-corrected chi connectivity index (χ2v) is 16.9. The molecule has 63 heavy (non-hydrogen) atoms. The van der Waals surface area contributed by atoms with Crippen LogP contribution in [0.1, 0.15) is 24.0 Å². The smallest absolute Gasteiger partial charge is 0.136 e. The van der Waals surface area contributed by atoms with Gasteiger partial charge in [0.1, 0.15) is 11.2 Å². The van der Waals surface area contributed by atoms with Gasteiger partial charge in [-0.1, -0.05) is 207 Å². The highest BCUT2D eigenvalue weighted by Crippen LogP contribution is 2.58. The van der Waals surface area contributed by atoms with E-state index in [1.165, 1.54) is 49.4 Å². The summed E-state index contributed by atoms with van der Waals surface area (Å²) >= 11 is 0. The molecule has 0 amide bonds. The lowest BCUT2D eigenvalue weighted by atomic mass is 9.59. The first-order chi connectivity index (χ1) is 31.1. The fraction of sp³-hybridized carbons (Fsp3) is 0.0492. The van der Waals surface area contributed by atoms with E-state index in [4.69, 9.17) is 4.42 Å². The van der Waals surface area contributed by atoms with Gasteiger partial charge in [-0.2, -0.15) is 0 Å². The van der Waals surface area contributed by atoms with Gasteiger partial charge in [-0.05, 0) is 96.9 Å². The maximum absolute atomic E-state index is 6.40. The van der Waals surface area contributed by atoms with Crippen LogP contribution in [0, 0.1) is 5.41 Å². The number of anilines is 3. The predicted octanol–water partition coefficient (Wildman–Crippen LogP) is 16.9. The number of para-hydroxylation sites is 3. The molecule has 2 aliphatic carbocycles. The first kappa shape index (κ1) is 36.9. The van der Waals surface area contributed by atoms with Crippen LogP contribution in [0.2, 0.25) is 0 Å². The van der Waals surface area contributed by atoms with Gasteiger partial charge in [-0.15, -0.1) is 0 Å². The second-order valence-electron chi connectivity index (χ2n) is 16.9. The predicted molar refractivity (Wildman–Crippen MR) is 266 cm³/mol. The van der Waals surface area contributed by atoms with Crippen LogP contribution in [0.3, 0.4) is 0 Å². The molecule has 0 fully saturated rings. The number of nitrogens with zero attached hydrogens (tertiary/aromatic N) is 1. The minimum absolute atomic E-state index is 0.0258. The molecule has 9 aromatic carbocycles. The number of hydrogen-bond acceptors (Lipinski definition) is 2. The van der Waals surface area contributed by atoms with Gasteiger partial charge in [0.2, 0.25) is 0 Å². The average molecular weight is 806 g/mol. The van der Waals surface area contributed by atoms with Crippen molar-refractivity contribution in [3.63, 3.8) is 0 Å². The van der Waals surface area contributed by atoms with Crippen LogP contribution in [0.25, 0.3) is 71.3 Å². The van der Waals surface area contributed by atoms with Crippen molar-refractivity contribution in [1.82, 2.24) is 0 Å². The zero-order chi connectivity index (χ0) is 41.9. The molecule has 2 aliphatic rings. The van der Waals surface area contributed by atoms with Crippen molar-refractivity contribution in [2.24, 2.45) is 5.41 Å². The minimum atomic E-state index is -0.331. The van der Waals surface area contributed by atoms with Crippen LogP contribution in [-0.4, -0.2) is 0 Å². The lowest BCUT2D eigenvalue weighted by Gasteiger charge is -2.45. The Labute approximate surface area is 367 Å². The lowest BCUT2D eigenvalue weighted by molar-refractivity contribution is 0.478. The molecule has 1 aromatic heterocycles. The third-order valence-electron chi connectivity index (χ3n) is 13.5. The van der Waals surface area contributed by atoms with Crippen LogP contribution in [0.5, 0.6) is 0 Å². The molecule has 0 spiro atoms. The van der Waals surface area contributed by atoms with Gasteiger partial charge < -0.3 is 9.32 Å². The van der Waals surface area contributed by atoms with Crippen molar-refractivity contribution < 1.29 is 4.42 Å². The van der Waals surface area contributed by atoms with Gasteiger partial charge >= 0.3 is 0 Å². The van der Waals surface area contributed by atoms with E-state index in [0.29, 0.717) is 0 Å². The third-order valence-corrected chi connectivity index (χ3v) is 13.5. The first-order valence-corrected chi connectivity index (χ1v) is 21.9. The van der Waals surface area contributed by atoms with Crippen molar-refractivity contribution >= 4 is 66.1 Å². The highest BCUT2D eigenvalue weighted by Gasteiger charge is 2.43. The molecule has 2 nitrogen and oxygen atoms in total. The summed E-state index contributed by atoms with van der Waals surface area (Å²) in [6, 6.07) is 72.8. The Balaban J connectivity index is 1.10. The van der Waals surface area contributed by atoms with Crippen LogP contribution < -0.4 is 4.90 Å². The summed E-state index contributed by atoms with van der Waals surface area (Å²) in [6.45, 7) is 2.43. The van der Waals surface area contributed by atoms with Gasteiger partial charge in [-0.25, -0.2) is 0 Å². The van der Waals surface area contributed by atoms with Crippen molar-refractivity contribution in [2.75, 3.05) is 4.90 Å². The normalized spacial score (nSPS) is 16.9. The quantitative estimate of drug-likeness (QED) is 0.149. The van der Waals surface area contributed by atoms with E-state index in [-0.39, 0.29) is 11.3 Å². The molecule has 1 heterocycles. The Bertz CT molecular complexity index is 3550. The van der Waals surface area contributed by atoms with Crippen molar-refractivity contribution in [3.05, 3.63) is 253 Å². The summed E-state index contributed by atoms with van der Waals surface area (Å²) in [5, 5.41) is 7.23. The van der Waals surface area contributed by atoms with E-state index >= 15 is 0 Å². The van der Waals surface area contributed by atoms with E-state index in [0.717, 1.165) is 55.7 Å². The number of fused-ring (bicyclic) bond motifs is 7. The number of benzene rings is 9. The zero-order valence-corrected chi connectivity index (χ0v) is 34.9. The molecule has 12 rings (SSSR count). The minimum Gasteiger partial charge on any atom is -0.456 e. The standard InChI is InChI=1S/C61H43NO/c1-61-44(22-14-32-54(61)42-19-3-2-4-20-42)23-15-33-55(61)52-27-8-11-35-57(52)62(45-24-13-21-43(40-45)47-29-17-37-59-60(47)53-28-9-12-36-58(53)63-59)56-34-10-7-26-51(56)49-31-16-30-48-46-25-6-5-18-41(46)38-39-50(48)49/h2-40,55H,1H3. The van der Waals surface area contributed by atoms with E-state index in [2.05, 4.69) is 242 Å². The Kier molecular flexibility index (Phi) is 8.72. The summed E-state index contributed by atoms with van der Waals surface area (Å²) < 4.78 is 6.40. The fourth-order valence-corrected chi connectivity index (χ4v) is 10.6. The average Bonchev–Trinajstić information content (AvgIpc) is 3.73. The van der Waals surface area contributed by atoms with Crippen molar-refractivity contribution in [3.8, 4) is 22.3 Å². The molecule has 2 heteroatoms. The monoisotopic (exact) mass is 805 g/mol. The van der Waals surface area contributed by atoms with E-state index in [1.807, 2.05) is 6.07 Å². The van der Waals surface area contributed by atoms with E-state index in [1.54, 1.807) is 0 Å². The maximum atomic E-state index is 6.40. The van der Waals surface area contributed by atoms with Crippen LogP contribution in [0.15, 0.2) is 247 Å².